The van der Waals surface area contributed by atoms with E-state index >= 15 is 0 Å². The summed E-state index contributed by atoms with van der Waals surface area (Å²) in [5.74, 6) is 1.86. The highest BCUT2D eigenvalue weighted by Crippen LogP contribution is 2.26. The zero-order valence-corrected chi connectivity index (χ0v) is 15.0. The number of unbranched alkanes of at least 4 members (excludes halogenated alkanes) is 1. The van der Waals surface area contributed by atoms with Crippen LogP contribution in [-0.4, -0.2) is 26.6 Å². The van der Waals surface area contributed by atoms with Gasteiger partial charge in [0.25, 0.3) is 0 Å². The van der Waals surface area contributed by atoms with Gasteiger partial charge in [-0.2, -0.15) is 0 Å². The van der Waals surface area contributed by atoms with E-state index in [2.05, 4.69) is 6.92 Å². The van der Waals surface area contributed by atoms with Crippen molar-refractivity contribution >= 4 is 11.9 Å². The number of carbonyl (C=O) groups excluding carboxylic acids is 1. The van der Waals surface area contributed by atoms with Crippen molar-refractivity contribution in [2.24, 2.45) is 0 Å². The van der Waals surface area contributed by atoms with E-state index in [0.717, 1.165) is 18.4 Å². The Bertz CT molecular complexity index is 734. The molecule has 25 heavy (non-hydrogen) atoms. The molecule has 132 valence electrons. The van der Waals surface area contributed by atoms with E-state index < -0.39 is 0 Å². The van der Waals surface area contributed by atoms with Crippen LogP contribution in [0.4, 0.5) is 0 Å². The summed E-state index contributed by atoms with van der Waals surface area (Å²) >= 11 is 0. The molecule has 4 nitrogen and oxygen atoms in total. The van der Waals surface area contributed by atoms with Gasteiger partial charge in [0.05, 0.1) is 26.4 Å². The van der Waals surface area contributed by atoms with Crippen LogP contribution in [0.15, 0.2) is 48.5 Å². The minimum atomic E-state index is -0.107. The van der Waals surface area contributed by atoms with Gasteiger partial charge in [0.2, 0.25) is 0 Å². The smallest absolute Gasteiger partial charge is 0.189 e. The fraction of sp³-hybridized carbons (Fsp3) is 0.286. The Balaban J connectivity index is 2.18. The summed E-state index contributed by atoms with van der Waals surface area (Å²) < 4.78 is 16.3. The Morgan fingerprint density at radius 3 is 2.56 bits per heavy atom. The van der Waals surface area contributed by atoms with Crippen LogP contribution in [0.2, 0.25) is 0 Å². The van der Waals surface area contributed by atoms with Crippen LogP contribution in [0.1, 0.15) is 35.7 Å². The summed E-state index contributed by atoms with van der Waals surface area (Å²) in [5.41, 5.74) is 1.36. The number of hydrogen-bond acceptors (Lipinski definition) is 4. The fourth-order valence-electron chi connectivity index (χ4n) is 2.33. The van der Waals surface area contributed by atoms with Crippen LogP contribution < -0.4 is 14.2 Å². The van der Waals surface area contributed by atoms with Crippen molar-refractivity contribution in [2.75, 3.05) is 20.8 Å². The van der Waals surface area contributed by atoms with Crippen LogP contribution in [0.25, 0.3) is 6.08 Å². The van der Waals surface area contributed by atoms with E-state index in [1.54, 1.807) is 32.4 Å². The SMILES string of the molecule is CCCCOc1ccccc1C(=O)C=Cc1ccc(OC)cc1OC. The number of allylic oxidation sites excluding steroid dienone is 1. The number of benzene rings is 2. The highest BCUT2D eigenvalue weighted by atomic mass is 16.5. The quantitative estimate of drug-likeness (QED) is 0.374. The lowest BCUT2D eigenvalue weighted by Crippen LogP contribution is -2.03. The highest BCUT2D eigenvalue weighted by molar-refractivity contribution is 6.08. The maximum atomic E-state index is 12.6. The molecule has 0 bridgehead atoms. The number of rotatable bonds is 9. The van der Waals surface area contributed by atoms with Gasteiger partial charge in [-0.15, -0.1) is 0 Å². The molecule has 0 aliphatic heterocycles. The predicted octanol–water partition coefficient (Wildman–Crippen LogP) is 4.78. The third kappa shape index (κ3) is 5.11. The van der Waals surface area contributed by atoms with Crippen molar-refractivity contribution in [1.29, 1.82) is 0 Å². The molecule has 0 radical (unpaired) electrons. The second-order valence-corrected chi connectivity index (χ2v) is 5.50. The van der Waals surface area contributed by atoms with E-state index in [1.165, 1.54) is 6.08 Å². The highest BCUT2D eigenvalue weighted by Gasteiger charge is 2.10. The first-order valence-corrected chi connectivity index (χ1v) is 8.35. The number of hydrogen-bond donors (Lipinski definition) is 0. The molecule has 0 atom stereocenters. The van der Waals surface area contributed by atoms with Crippen LogP contribution in [0, 0.1) is 0 Å². The molecule has 0 saturated carbocycles. The lowest BCUT2D eigenvalue weighted by Gasteiger charge is -2.09. The van der Waals surface area contributed by atoms with Gasteiger partial charge in [0.15, 0.2) is 5.78 Å². The summed E-state index contributed by atoms with van der Waals surface area (Å²) in [5, 5.41) is 0. The molecule has 0 saturated heterocycles. The average Bonchev–Trinajstić information content (AvgIpc) is 2.66. The number of ketones is 1. The van der Waals surface area contributed by atoms with Crippen LogP contribution in [0.5, 0.6) is 17.2 Å². The topological polar surface area (TPSA) is 44.8 Å². The molecular weight excluding hydrogens is 316 g/mol. The first kappa shape index (κ1) is 18.6. The normalized spacial score (nSPS) is 10.7. The van der Waals surface area contributed by atoms with Gasteiger partial charge in [-0.1, -0.05) is 25.5 Å². The van der Waals surface area contributed by atoms with Crippen LogP contribution in [0.3, 0.4) is 0 Å². The van der Waals surface area contributed by atoms with Gasteiger partial charge in [0.1, 0.15) is 17.2 Å². The lowest BCUT2D eigenvalue weighted by molar-refractivity contribution is 0.104. The molecule has 2 aromatic carbocycles. The van der Waals surface area contributed by atoms with Crippen molar-refractivity contribution in [3.05, 3.63) is 59.7 Å². The van der Waals surface area contributed by atoms with Crippen molar-refractivity contribution in [3.63, 3.8) is 0 Å². The van der Waals surface area contributed by atoms with Crippen LogP contribution in [-0.2, 0) is 0 Å². The third-order valence-electron chi connectivity index (χ3n) is 3.76. The maximum absolute atomic E-state index is 12.6. The predicted molar refractivity (Wildman–Crippen MR) is 99.8 cm³/mol. The third-order valence-corrected chi connectivity index (χ3v) is 3.76. The van der Waals surface area contributed by atoms with Gasteiger partial charge in [-0.05, 0) is 42.8 Å². The van der Waals surface area contributed by atoms with Crippen molar-refractivity contribution in [3.8, 4) is 17.2 Å². The molecule has 2 aromatic rings. The lowest BCUT2D eigenvalue weighted by atomic mass is 10.1. The second-order valence-electron chi connectivity index (χ2n) is 5.50. The Labute approximate surface area is 149 Å². The molecule has 0 spiro atoms. The molecule has 4 heteroatoms. The number of carbonyl (C=O) groups is 1. The standard InChI is InChI=1S/C21H24O4/c1-4-5-14-25-20-9-7-6-8-18(20)19(22)13-11-16-10-12-17(23-2)15-21(16)24-3/h6-13,15H,4-5,14H2,1-3H3. The molecule has 0 aliphatic carbocycles. The largest absolute Gasteiger partial charge is 0.497 e. The first-order valence-electron chi connectivity index (χ1n) is 8.35. The van der Waals surface area contributed by atoms with E-state index in [1.807, 2.05) is 30.3 Å². The zero-order chi connectivity index (χ0) is 18.1. The molecule has 0 amide bonds. The molecule has 0 fully saturated rings. The zero-order valence-electron chi connectivity index (χ0n) is 15.0. The maximum Gasteiger partial charge on any atom is 0.189 e. The second kappa shape index (κ2) is 9.52. The van der Waals surface area contributed by atoms with Crippen LogP contribution >= 0.6 is 0 Å². The Morgan fingerprint density at radius 1 is 1.04 bits per heavy atom. The molecule has 0 heterocycles. The van der Waals surface area contributed by atoms with E-state index in [-0.39, 0.29) is 5.78 Å². The first-order chi connectivity index (χ1) is 12.2. The summed E-state index contributed by atoms with van der Waals surface area (Å²) in [6.07, 6.45) is 5.28. The minimum Gasteiger partial charge on any atom is -0.497 e. The summed E-state index contributed by atoms with van der Waals surface area (Å²) in [7, 11) is 3.19. The summed E-state index contributed by atoms with van der Waals surface area (Å²) in [6.45, 7) is 2.71. The molecule has 0 aliphatic rings. The minimum absolute atomic E-state index is 0.107. The van der Waals surface area contributed by atoms with Gasteiger partial charge in [0, 0.05) is 11.6 Å². The molecular formula is C21H24O4. The summed E-state index contributed by atoms with van der Waals surface area (Å²) in [6, 6.07) is 12.8. The molecule has 2 rings (SSSR count). The van der Waals surface area contributed by atoms with Gasteiger partial charge in [-0.25, -0.2) is 0 Å². The van der Waals surface area contributed by atoms with Crippen molar-refractivity contribution < 1.29 is 19.0 Å². The Kier molecular flexibility index (Phi) is 7.08. The molecule has 0 N–H and O–H groups in total. The Hall–Kier alpha value is -2.75. The summed E-state index contributed by atoms with van der Waals surface area (Å²) in [4.78, 5) is 12.6. The fourth-order valence-corrected chi connectivity index (χ4v) is 2.33. The van der Waals surface area contributed by atoms with E-state index in [9.17, 15) is 4.79 Å². The van der Waals surface area contributed by atoms with Crippen molar-refractivity contribution in [1.82, 2.24) is 0 Å². The number of methoxy groups -OCH3 is 2. The van der Waals surface area contributed by atoms with Gasteiger partial charge >= 0.3 is 0 Å². The van der Waals surface area contributed by atoms with Gasteiger partial charge < -0.3 is 14.2 Å². The number of para-hydroxylation sites is 1. The molecule has 0 aromatic heterocycles. The van der Waals surface area contributed by atoms with E-state index in [0.29, 0.717) is 29.4 Å². The van der Waals surface area contributed by atoms with E-state index in [4.69, 9.17) is 14.2 Å². The van der Waals surface area contributed by atoms with Gasteiger partial charge in [-0.3, -0.25) is 4.79 Å². The molecule has 0 unspecified atom stereocenters. The number of ether oxygens (including phenoxy) is 3. The Morgan fingerprint density at radius 2 is 1.84 bits per heavy atom. The monoisotopic (exact) mass is 340 g/mol. The average molecular weight is 340 g/mol. The van der Waals surface area contributed by atoms with Crippen molar-refractivity contribution in [2.45, 2.75) is 19.8 Å².